The first-order valence-electron chi connectivity index (χ1n) is 8.82. The second kappa shape index (κ2) is 8.49. The Balaban J connectivity index is 1.42. The Morgan fingerprint density at radius 2 is 1.78 bits per heavy atom. The third kappa shape index (κ3) is 4.73. The Morgan fingerprint density at radius 1 is 1.04 bits per heavy atom. The molecule has 0 saturated carbocycles. The van der Waals surface area contributed by atoms with E-state index in [1.807, 2.05) is 31.2 Å². The fraction of sp³-hybridized carbons (Fsp3) is 0.286. The quantitative estimate of drug-likeness (QED) is 0.427. The number of nitrogens with zero attached hydrogens (tertiary/aromatic N) is 1. The molecule has 0 fully saturated rings. The van der Waals surface area contributed by atoms with Crippen LogP contribution in [-0.2, 0) is 20.7 Å². The molecule has 2 aromatic rings. The average molecular weight is 367 g/mol. The number of amides is 2. The number of hydrogen-bond acceptors (Lipinski definition) is 5. The molecular weight excluding hydrogens is 346 g/mol. The van der Waals surface area contributed by atoms with E-state index in [0.717, 1.165) is 16.0 Å². The third-order valence-corrected chi connectivity index (χ3v) is 4.31. The highest BCUT2D eigenvalue weighted by Gasteiger charge is 2.30. The van der Waals surface area contributed by atoms with Gasteiger partial charge in [0.1, 0.15) is 19.0 Å². The van der Waals surface area contributed by atoms with Crippen LogP contribution in [0.3, 0.4) is 0 Å². The van der Waals surface area contributed by atoms with Gasteiger partial charge in [-0.2, -0.15) is 0 Å². The summed E-state index contributed by atoms with van der Waals surface area (Å²) in [6.45, 7) is 2.35. The van der Waals surface area contributed by atoms with E-state index < -0.39 is 5.97 Å². The van der Waals surface area contributed by atoms with E-state index in [9.17, 15) is 14.4 Å². The molecule has 0 saturated heterocycles. The summed E-state index contributed by atoms with van der Waals surface area (Å²) >= 11 is 0. The van der Waals surface area contributed by atoms with Crippen LogP contribution < -0.4 is 4.74 Å². The van der Waals surface area contributed by atoms with Crippen LogP contribution in [0, 0.1) is 6.92 Å². The fourth-order valence-electron chi connectivity index (χ4n) is 2.85. The normalized spacial score (nSPS) is 13.3. The lowest BCUT2D eigenvalue weighted by atomic mass is 9.98. The molecule has 2 aromatic carbocycles. The minimum atomic E-state index is -0.470. The van der Waals surface area contributed by atoms with Crippen LogP contribution in [0.5, 0.6) is 5.75 Å². The zero-order chi connectivity index (χ0) is 19.2. The number of aryl methyl sites for hydroxylation is 1. The van der Waals surface area contributed by atoms with Gasteiger partial charge in [0.25, 0.3) is 5.91 Å². The van der Waals surface area contributed by atoms with Crippen LogP contribution in [0.25, 0.3) is 0 Å². The van der Waals surface area contributed by atoms with Crippen LogP contribution in [0.2, 0.25) is 0 Å². The second-order valence-electron chi connectivity index (χ2n) is 6.32. The highest BCUT2D eigenvalue weighted by atomic mass is 16.6. The Labute approximate surface area is 157 Å². The molecule has 6 nitrogen and oxygen atoms in total. The number of imide groups is 1. The van der Waals surface area contributed by atoms with Crippen LogP contribution in [0.1, 0.15) is 27.9 Å². The van der Waals surface area contributed by atoms with Crippen molar-refractivity contribution in [1.82, 2.24) is 4.90 Å². The number of carbonyl (C=O) groups is 3. The van der Waals surface area contributed by atoms with Crippen LogP contribution >= 0.6 is 0 Å². The van der Waals surface area contributed by atoms with Gasteiger partial charge in [0.2, 0.25) is 5.91 Å². The molecule has 0 N–H and O–H groups in total. The predicted octanol–water partition coefficient (Wildman–Crippen LogP) is 2.53. The summed E-state index contributed by atoms with van der Waals surface area (Å²) in [4.78, 5) is 37.6. The monoisotopic (exact) mass is 367 g/mol. The van der Waals surface area contributed by atoms with E-state index in [1.165, 1.54) is 0 Å². The lowest BCUT2D eigenvalue weighted by Gasteiger charge is -2.26. The zero-order valence-corrected chi connectivity index (χ0v) is 15.1. The standard InChI is InChI=1S/C21H21NO5/c1-15-6-8-17(9-7-15)26-12-13-27-20(24)10-11-22-19(23)14-16-4-2-3-5-18(16)21(22)25/h2-9H,10-14H2,1H3. The molecule has 2 amide bonds. The Bertz CT molecular complexity index is 844. The molecule has 6 heteroatoms. The smallest absolute Gasteiger partial charge is 0.307 e. The fourth-order valence-corrected chi connectivity index (χ4v) is 2.85. The molecule has 0 atom stereocenters. The SMILES string of the molecule is Cc1ccc(OCCOC(=O)CCN2C(=O)Cc3ccccc3C2=O)cc1. The maximum absolute atomic E-state index is 12.4. The zero-order valence-electron chi connectivity index (χ0n) is 15.1. The van der Waals surface area contributed by atoms with Gasteiger partial charge < -0.3 is 9.47 Å². The number of fused-ring (bicyclic) bond motifs is 1. The number of esters is 1. The first kappa shape index (κ1) is 18.6. The average Bonchev–Trinajstić information content (AvgIpc) is 2.66. The first-order chi connectivity index (χ1) is 13.0. The van der Waals surface area contributed by atoms with Crippen LogP contribution in [0.15, 0.2) is 48.5 Å². The topological polar surface area (TPSA) is 72.9 Å². The van der Waals surface area contributed by atoms with Crippen molar-refractivity contribution in [3.05, 3.63) is 65.2 Å². The van der Waals surface area contributed by atoms with E-state index >= 15 is 0 Å². The minimum absolute atomic E-state index is 0.0175. The van der Waals surface area contributed by atoms with Gasteiger partial charge in [-0.15, -0.1) is 0 Å². The molecule has 1 aliphatic rings. The van der Waals surface area contributed by atoms with Crippen molar-refractivity contribution >= 4 is 17.8 Å². The molecule has 0 spiro atoms. The van der Waals surface area contributed by atoms with Gasteiger partial charge in [0.05, 0.1) is 12.8 Å². The highest BCUT2D eigenvalue weighted by molar-refractivity contribution is 6.09. The third-order valence-electron chi connectivity index (χ3n) is 4.31. The summed E-state index contributed by atoms with van der Waals surface area (Å²) in [6.07, 6.45) is 0.130. The highest BCUT2D eigenvalue weighted by Crippen LogP contribution is 2.19. The van der Waals surface area contributed by atoms with E-state index in [-0.39, 0.29) is 44.4 Å². The predicted molar refractivity (Wildman–Crippen MR) is 98.4 cm³/mol. The van der Waals surface area contributed by atoms with Crippen molar-refractivity contribution in [2.24, 2.45) is 0 Å². The van der Waals surface area contributed by atoms with Crippen molar-refractivity contribution in [2.75, 3.05) is 19.8 Å². The molecule has 0 bridgehead atoms. The molecule has 140 valence electrons. The van der Waals surface area contributed by atoms with Gasteiger partial charge in [-0.1, -0.05) is 35.9 Å². The van der Waals surface area contributed by atoms with E-state index in [2.05, 4.69) is 0 Å². The first-order valence-corrected chi connectivity index (χ1v) is 8.82. The number of ether oxygens (including phenoxy) is 2. The summed E-state index contributed by atoms with van der Waals surface area (Å²) in [5.74, 6) is -0.423. The van der Waals surface area contributed by atoms with Gasteiger partial charge in [-0.3, -0.25) is 19.3 Å². The minimum Gasteiger partial charge on any atom is -0.490 e. The summed E-state index contributed by atoms with van der Waals surface area (Å²) < 4.78 is 10.6. The lowest BCUT2D eigenvalue weighted by molar-refractivity contribution is -0.144. The van der Waals surface area contributed by atoms with Gasteiger partial charge in [0, 0.05) is 12.1 Å². The molecule has 27 heavy (non-hydrogen) atoms. The van der Waals surface area contributed by atoms with Crippen molar-refractivity contribution < 1.29 is 23.9 Å². The largest absolute Gasteiger partial charge is 0.490 e. The van der Waals surface area contributed by atoms with Crippen molar-refractivity contribution in [2.45, 2.75) is 19.8 Å². The molecular formula is C21H21NO5. The summed E-state index contributed by atoms with van der Waals surface area (Å²) in [5, 5.41) is 0. The van der Waals surface area contributed by atoms with Gasteiger partial charge in [0.15, 0.2) is 0 Å². The maximum atomic E-state index is 12.4. The van der Waals surface area contributed by atoms with E-state index in [1.54, 1.807) is 24.3 Å². The van der Waals surface area contributed by atoms with Crippen molar-refractivity contribution in [3.8, 4) is 5.75 Å². The number of hydrogen-bond donors (Lipinski definition) is 0. The van der Waals surface area contributed by atoms with Gasteiger partial charge >= 0.3 is 5.97 Å². The Kier molecular flexibility index (Phi) is 5.86. The van der Waals surface area contributed by atoms with Crippen LogP contribution in [0.4, 0.5) is 0 Å². The lowest BCUT2D eigenvalue weighted by Crippen LogP contribution is -2.43. The summed E-state index contributed by atoms with van der Waals surface area (Å²) in [5.41, 5.74) is 2.37. The molecule has 0 aromatic heterocycles. The second-order valence-corrected chi connectivity index (χ2v) is 6.32. The number of rotatable bonds is 7. The molecule has 1 aliphatic heterocycles. The van der Waals surface area contributed by atoms with E-state index in [0.29, 0.717) is 11.3 Å². The van der Waals surface area contributed by atoms with E-state index in [4.69, 9.17) is 9.47 Å². The van der Waals surface area contributed by atoms with Gasteiger partial charge in [-0.25, -0.2) is 0 Å². The van der Waals surface area contributed by atoms with Crippen molar-refractivity contribution in [1.29, 1.82) is 0 Å². The molecule has 0 radical (unpaired) electrons. The number of carbonyl (C=O) groups excluding carboxylic acids is 3. The molecule has 0 aliphatic carbocycles. The molecule has 3 rings (SSSR count). The number of benzene rings is 2. The summed E-state index contributed by atoms with van der Waals surface area (Å²) in [7, 11) is 0. The summed E-state index contributed by atoms with van der Waals surface area (Å²) in [6, 6.07) is 14.6. The van der Waals surface area contributed by atoms with Gasteiger partial charge in [-0.05, 0) is 30.7 Å². The van der Waals surface area contributed by atoms with Crippen molar-refractivity contribution in [3.63, 3.8) is 0 Å². The Hall–Kier alpha value is -3.15. The molecule has 1 heterocycles. The maximum Gasteiger partial charge on any atom is 0.307 e. The van der Waals surface area contributed by atoms with Crippen LogP contribution in [-0.4, -0.2) is 42.4 Å². The molecule has 0 unspecified atom stereocenters. The Morgan fingerprint density at radius 3 is 2.56 bits per heavy atom.